The van der Waals surface area contributed by atoms with Crippen LogP contribution in [0.3, 0.4) is 0 Å². The van der Waals surface area contributed by atoms with Crippen LogP contribution < -0.4 is 0 Å². The van der Waals surface area contributed by atoms with Gasteiger partial charge in [-0.3, -0.25) is 9.59 Å². The van der Waals surface area contributed by atoms with Gasteiger partial charge in [-0.1, -0.05) is 59.6 Å². The number of fused-ring (bicyclic) bond motifs is 1. The normalized spacial score (nSPS) is 21.7. The van der Waals surface area contributed by atoms with Crippen molar-refractivity contribution < 1.29 is 14.7 Å². The van der Waals surface area contributed by atoms with Gasteiger partial charge in [-0.15, -0.1) is 0 Å². The molecule has 7 heteroatoms. The fourth-order valence-corrected chi connectivity index (χ4v) is 4.78. The van der Waals surface area contributed by atoms with Gasteiger partial charge in [0.25, 0.3) is 0 Å². The monoisotopic (exact) mass is 456 g/mol. The fraction of sp³-hybridized carbons (Fsp3) is 0.292. The van der Waals surface area contributed by atoms with Crippen molar-refractivity contribution >= 4 is 46.9 Å². The number of carboxylic acid groups (broad SMARTS) is 1. The smallest absolute Gasteiger partial charge is 0.303 e. The summed E-state index contributed by atoms with van der Waals surface area (Å²) in [5.41, 5.74) is 3.65. The van der Waals surface area contributed by atoms with Crippen LogP contribution in [0.4, 0.5) is 0 Å². The van der Waals surface area contributed by atoms with Crippen LogP contribution in [0.1, 0.15) is 49.3 Å². The summed E-state index contributed by atoms with van der Waals surface area (Å²) < 4.78 is 0. The number of carboxylic acids is 1. The molecule has 1 amide bonds. The van der Waals surface area contributed by atoms with Crippen LogP contribution in [0.2, 0.25) is 10.0 Å². The molecule has 2 aliphatic rings. The van der Waals surface area contributed by atoms with E-state index in [0.29, 0.717) is 10.0 Å². The molecule has 1 aliphatic heterocycles. The van der Waals surface area contributed by atoms with Crippen LogP contribution in [0.5, 0.6) is 0 Å². The lowest BCUT2D eigenvalue weighted by Crippen LogP contribution is -2.32. The molecular weight excluding hydrogens is 435 g/mol. The predicted octanol–water partition coefficient (Wildman–Crippen LogP) is 5.98. The first-order chi connectivity index (χ1) is 15.0. The molecule has 0 saturated heterocycles. The number of hydrogen-bond acceptors (Lipinski definition) is 3. The van der Waals surface area contributed by atoms with E-state index in [0.717, 1.165) is 41.7 Å². The number of amides is 1. The lowest BCUT2D eigenvalue weighted by atomic mass is 9.77. The maximum Gasteiger partial charge on any atom is 0.303 e. The molecule has 0 aromatic heterocycles. The van der Waals surface area contributed by atoms with E-state index in [9.17, 15) is 9.59 Å². The minimum Gasteiger partial charge on any atom is -0.481 e. The standard InChI is InChI=1S/C24H22Cl2N2O3/c25-19-10-3-1-6-15(19)14-16-7-5-9-18-23(16)27-28(21(29)12-13-22(30)31)24(18)17-8-2-4-11-20(17)26/h1-4,6,8,10-11,14,18,24H,5,7,9,12-13H2,(H,30,31)/b16-14+/t18-,24+/m1/s1. The molecule has 1 aliphatic carbocycles. The zero-order chi connectivity index (χ0) is 22.0. The molecule has 5 nitrogen and oxygen atoms in total. The van der Waals surface area contributed by atoms with Crippen LogP contribution in [-0.4, -0.2) is 27.7 Å². The van der Waals surface area contributed by atoms with Gasteiger partial charge in [0, 0.05) is 22.4 Å². The summed E-state index contributed by atoms with van der Waals surface area (Å²) in [5, 5.41) is 16.4. The molecule has 0 unspecified atom stereocenters. The van der Waals surface area contributed by atoms with Crippen LogP contribution in [0.25, 0.3) is 6.08 Å². The highest BCUT2D eigenvalue weighted by molar-refractivity contribution is 6.32. The summed E-state index contributed by atoms with van der Waals surface area (Å²) in [6.07, 6.45) is 4.37. The molecule has 0 bridgehead atoms. The first kappa shape index (κ1) is 21.6. The van der Waals surface area contributed by atoms with Gasteiger partial charge in [-0.25, -0.2) is 5.01 Å². The lowest BCUT2D eigenvalue weighted by Gasteiger charge is -2.30. The van der Waals surface area contributed by atoms with E-state index in [4.69, 9.17) is 33.4 Å². The molecule has 0 radical (unpaired) electrons. The summed E-state index contributed by atoms with van der Waals surface area (Å²) in [6.45, 7) is 0. The average Bonchev–Trinajstić information content (AvgIpc) is 3.14. The molecule has 31 heavy (non-hydrogen) atoms. The van der Waals surface area contributed by atoms with Crippen LogP contribution >= 0.6 is 23.2 Å². The number of hydrazone groups is 1. The van der Waals surface area contributed by atoms with E-state index in [1.807, 2.05) is 48.5 Å². The Labute approximate surface area is 191 Å². The first-order valence-corrected chi connectivity index (χ1v) is 11.0. The number of carbonyl (C=O) groups is 2. The second kappa shape index (κ2) is 9.25. The van der Waals surface area contributed by atoms with E-state index < -0.39 is 5.97 Å². The number of rotatable bonds is 5. The second-order valence-corrected chi connectivity index (χ2v) is 8.59. The Hall–Kier alpha value is -2.63. The predicted molar refractivity (Wildman–Crippen MR) is 122 cm³/mol. The van der Waals surface area contributed by atoms with E-state index in [2.05, 4.69) is 0 Å². The molecule has 0 spiro atoms. The van der Waals surface area contributed by atoms with E-state index in [-0.39, 0.29) is 30.7 Å². The Morgan fingerprint density at radius 2 is 1.77 bits per heavy atom. The van der Waals surface area contributed by atoms with Gasteiger partial charge >= 0.3 is 5.97 Å². The Kier molecular flexibility index (Phi) is 6.44. The molecule has 1 fully saturated rings. The molecule has 2 aromatic rings. The second-order valence-electron chi connectivity index (χ2n) is 7.77. The number of aliphatic carboxylic acids is 1. The van der Waals surface area contributed by atoms with Crippen molar-refractivity contribution in [3.05, 3.63) is 75.3 Å². The minimum absolute atomic E-state index is 0.00355. The van der Waals surface area contributed by atoms with Crippen molar-refractivity contribution in [1.82, 2.24) is 5.01 Å². The number of allylic oxidation sites excluding steroid dienone is 1. The first-order valence-electron chi connectivity index (χ1n) is 10.3. The zero-order valence-electron chi connectivity index (χ0n) is 16.8. The van der Waals surface area contributed by atoms with Crippen LogP contribution in [-0.2, 0) is 9.59 Å². The molecule has 1 saturated carbocycles. The maximum absolute atomic E-state index is 13.0. The third kappa shape index (κ3) is 4.53. The molecule has 2 atom stereocenters. The van der Waals surface area contributed by atoms with Crippen molar-refractivity contribution in [1.29, 1.82) is 0 Å². The maximum atomic E-state index is 13.0. The highest BCUT2D eigenvalue weighted by Crippen LogP contribution is 2.46. The highest BCUT2D eigenvalue weighted by Gasteiger charge is 2.44. The van der Waals surface area contributed by atoms with Crippen LogP contribution in [0, 0.1) is 5.92 Å². The summed E-state index contributed by atoms with van der Waals surface area (Å²) in [4.78, 5) is 24.0. The van der Waals surface area contributed by atoms with Crippen molar-refractivity contribution in [2.75, 3.05) is 0 Å². The van der Waals surface area contributed by atoms with E-state index in [1.165, 1.54) is 5.01 Å². The van der Waals surface area contributed by atoms with Gasteiger partial charge in [0.2, 0.25) is 5.91 Å². The molecule has 4 rings (SSSR count). The molecule has 1 heterocycles. The molecular formula is C24H22Cl2N2O3. The Bertz CT molecular complexity index is 1080. The third-order valence-electron chi connectivity index (χ3n) is 5.77. The zero-order valence-corrected chi connectivity index (χ0v) is 18.3. The number of benzene rings is 2. The Morgan fingerprint density at radius 3 is 2.48 bits per heavy atom. The summed E-state index contributed by atoms with van der Waals surface area (Å²) >= 11 is 12.9. The van der Waals surface area contributed by atoms with Crippen molar-refractivity contribution in [3.8, 4) is 0 Å². The Balaban J connectivity index is 1.75. The SMILES string of the molecule is O=C(O)CCC(=O)N1N=C2/C(=C/c3ccccc3Cl)CCC[C@H]2[C@@H]1c1ccccc1Cl. The topological polar surface area (TPSA) is 70.0 Å². The molecule has 1 N–H and O–H groups in total. The van der Waals surface area contributed by atoms with Crippen molar-refractivity contribution in [2.45, 2.75) is 38.1 Å². The quantitative estimate of drug-likeness (QED) is 0.601. The largest absolute Gasteiger partial charge is 0.481 e. The summed E-state index contributed by atoms with van der Waals surface area (Å²) in [5.74, 6) is -1.33. The van der Waals surface area contributed by atoms with Gasteiger partial charge in [0.15, 0.2) is 0 Å². The average molecular weight is 457 g/mol. The molecule has 160 valence electrons. The fourth-order valence-electron chi connectivity index (χ4n) is 4.34. The highest BCUT2D eigenvalue weighted by atomic mass is 35.5. The number of halogens is 2. The van der Waals surface area contributed by atoms with Gasteiger partial charge in [0.05, 0.1) is 18.2 Å². The van der Waals surface area contributed by atoms with Crippen molar-refractivity contribution in [3.63, 3.8) is 0 Å². The number of hydrogen-bond donors (Lipinski definition) is 1. The Morgan fingerprint density at radius 1 is 1.06 bits per heavy atom. The summed E-state index contributed by atoms with van der Waals surface area (Å²) in [6, 6.07) is 14.7. The van der Waals surface area contributed by atoms with Gasteiger partial charge in [0.1, 0.15) is 0 Å². The van der Waals surface area contributed by atoms with E-state index >= 15 is 0 Å². The van der Waals surface area contributed by atoms with Crippen molar-refractivity contribution in [2.24, 2.45) is 11.0 Å². The number of nitrogens with zero attached hydrogens (tertiary/aromatic N) is 2. The molecule has 2 aromatic carbocycles. The number of carbonyl (C=O) groups excluding carboxylic acids is 1. The van der Waals surface area contributed by atoms with E-state index in [1.54, 1.807) is 6.07 Å². The lowest BCUT2D eigenvalue weighted by molar-refractivity contribution is -0.141. The minimum atomic E-state index is -1.01. The van der Waals surface area contributed by atoms with Gasteiger partial charge in [-0.2, -0.15) is 5.10 Å². The van der Waals surface area contributed by atoms with Crippen LogP contribution in [0.15, 0.2) is 59.2 Å². The van der Waals surface area contributed by atoms with Gasteiger partial charge in [-0.05, 0) is 54.2 Å². The van der Waals surface area contributed by atoms with Gasteiger partial charge < -0.3 is 5.11 Å². The summed E-state index contributed by atoms with van der Waals surface area (Å²) in [7, 11) is 0. The third-order valence-corrected chi connectivity index (χ3v) is 6.46.